The maximum atomic E-state index is 10.7. The molecule has 0 aliphatic heterocycles. The molecular formula is C9H11I2NO3Si. The molecule has 0 aliphatic rings. The monoisotopic (exact) mass is 463 g/mol. The number of benzene rings is 1. The van der Waals surface area contributed by atoms with Gasteiger partial charge in [-0.15, -0.1) is 0 Å². The number of hydrogen-bond acceptors (Lipinski definition) is 3. The van der Waals surface area contributed by atoms with Gasteiger partial charge < -0.3 is 4.43 Å². The zero-order chi connectivity index (χ0) is 12.5. The minimum absolute atomic E-state index is 0.108. The predicted molar refractivity (Wildman–Crippen MR) is 82.5 cm³/mol. The van der Waals surface area contributed by atoms with Crippen molar-refractivity contribution in [1.82, 2.24) is 0 Å². The first kappa shape index (κ1) is 14.2. The van der Waals surface area contributed by atoms with Crippen molar-refractivity contribution in [2.45, 2.75) is 19.6 Å². The van der Waals surface area contributed by atoms with E-state index in [1.54, 1.807) is 0 Å². The normalized spacial score (nSPS) is 11.3. The molecule has 4 nitrogen and oxygen atoms in total. The third kappa shape index (κ3) is 3.84. The molecule has 0 atom stereocenters. The predicted octanol–water partition coefficient (Wildman–Crippen LogP) is 4.02. The molecule has 0 N–H and O–H groups in total. The van der Waals surface area contributed by atoms with E-state index in [0.717, 1.165) is 12.9 Å². The second kappa shape index (κ2) is 5.17. The first-order valence-corrected chi connectivity index (χ1v) is 10.1. The molecule has 16 heavy (non-hydrogen) atoms. The van der Waals surface area contributed by atoms with Crippen LogP contribution in [0.1, 0.15) is 0 Å². The molecule has 0 radical (unpaired) electrons. The van der Waals surface area contributed by atoms with Crippen molar-refractivity contribution in [3.05, 3.63) is 29.4 Å². The lowest BCUT2D eigenvalue weighted by Gasteiger charge is -2.21. The summed E-state index contributed by atoms with van der Waals surface area (Å²) in [5.74, 6) is 0.769. The number of non-ortho nitro benzene ring substituents is 1. The van der Waals surface area contributed by atoms with Crippen LogP contribution in [-0.2, 0) is 0 Å². The van der Waals surface area contributed by atoms with Crippen LogP contribution in [0.2, 0.25) is 19.6 Å². The van der Waals surface area contributed by atoms with Crippen LogP contribution in [-0.4, -0.2) is 13.2 Å². The van der Waals surface area contributed by atoms with Crippen molar-refractivity contribution in [2.75, 3.05) is 0 Å². The second-order valence-corrected chi connectivity index (χ2v) is 11.0. The van der Waals surface area contributed by atoms with Gasteiger partial charge in [-0.3, -0.25) is 10.1 Å². The Hall–Kier alpha value is 0.0969. The maximum absolute atomic E-state index is 10.7. The molecule has 7 heteroatoms. The highest BCUT2D eigenvalue weighted by Crippen LogP contribution is 2.33. The summed E-state index contributed by atoms with van der Waals surface area (Å²) in [7, 11) is -1.68. The Balaban J connectivity index is 3.18. The summed E-state index contributed by atoms with van der Waals surface area (Å²) in [6, 6.07) is 3.08. The Labute approximate surface area is 122 Å². The lowest BCUT2D eigenvalue weighted by Crippen LogP contribution is -2.30. The highest BCUT2D eigenvalue weighted by atomic mass is 127. The Morgan fingerprint density at radius 1 is 1.25 bits per heavy atom. The summed E-state index contributed by atoms with van der Waals surface area (Å²) in [5, 5.41) is 10.7. The summed E-state index contributed by atoms with van der Waals surface area (Å²) < 4.78 is 7.48. The summed E-state index contributed by atoms with van der Waals surface area (Å²) in [4.78, 5) is 10.3. The van der Waals surface area contributed by atoms with Crippen molar-refractivity contribution in [2.24, 2.45) is 0 Å². The SMILES string of the molecule is C[Si](C)(C)Oc1c(I)cc([N+](=O)[O-])cc1I. The van der Waals surface area contributed by atoms with Crippen molar-refractivity contribution in [1.29, 1.82) is 0 Å². The number of nitrogens with zero attached hydrogens (tertiary/aromatic N) is 1. The highest BCUT2D eigenvalue weighted by Gasteiger charge is 2.21. The number of nitro groups is 1. The number of halogens is 2. The van der Waals surface area contributed by atoms with Crippen LogP contribution in [0.3, 0.4) is 0 Å². The molecule has 0 heterocycles. The van der Waals surface area contributed by atoms with Crippen molar-refractivity contribution in [3.8, 4) is 5.75 Å². The standard InChI is InChI=1S/C9H11I2NO3Si/c1-16(2,3)15-9-7(10)4-6(12(13)14)5-8(9)11/h4-5H,1-3H3. The molecule has 0 fully saturated rings. The van der Waals surface area contributed by atoms with E-state index < -0.39 is 8.32 Å². The van der Waals surface area contributed by atoms with Gasteiger partial charge >= 0.3 is 0 Å². The second-order valence-electron chi connectivity index (χ2n) is 4.21. The minimum Gasteiger partial charge on any atom is -0.543 e. The molecule has 0 spiro atoms. The maximum Gasteiger partial charge on any atom is 0.271 e. The van der Waals surface area contributed by atoms with Crippen LogP contribution >= 0.6 is 45.2 Å². The molecule has 0 amide bonds. The van der Waals surface area contributed by atoms with E-state index in [2.05, 4.69) is 64.8 Å². The van der Waals surface area contributed by atoms with E-state index >= 15 is 0 Å². The van der Waals surface area contributed by atoms with Crippen LogP contribution in [0.5, 0.6) is 5.75 Å². The van der Waals surface area contributed by atoms with Gasteiger partial charge in [0.15, 0.2) is 0 Å². The fourth-order valence-corrected chi connectivity index (χ4v) is 4.26. The summed E-state index contributed by atoms with van der Waals surface area (Å²) in [6.07, 6.45) is 0. The van der Waals surface area contributed by atoms with Crippen molar-refractivity contribution in [3.63, 3.8) is 0 Å². The zero-order valence-corrected chi connectivity index (χ0v) is 14.4. The van der Waals surface area contributed by atoms with Gasteiger partial charge in [0.25, 0.3) is 5.69 Å². The number of hydrogen-bond donors (Lipinski definition) is 0. The van der Waals surface area contributed by atoms with E-state index in [0.29, 0.717) is 0 Å². The molecule has 1 aromatic rings. The van der Waals surface area contributed by atoms with E-state index in [-0.39, 0.29) is 10.6 Å². The zero-order valence-electron chi connectivity index (χ0n) is 9.08. The van der Waals surface area contributed by atoms with Gasteiger partial charge in [-0.1, -0.05) is 0 Å². The third-order valence-electron chi connectivity index (χ3n) is 1.60. The Kier molecular flexibility index (Phi) is 4.57. The molecule has 0 aliphatic carbocycles. The van der Waals surface area contributed by atoms with Crippen LogP contribution in [0.25, 0.3) is 0 Å². The average Bonchev–Trinajstić information content (AvgIpc) is 2.09. The topological polar surface area (TPSA) is 52.4 Å². The smallest absolute Gasteiger partial charge is 0.271 e. The molecule has 0 saturated carbocycles. The lowest BCUT2D eigenvalue weighted by molar-refractivity contribution is -0.385. The molecule has 0 bridgehead atoms. The highest BCUT2D eigenvalue weighted by molar-refractivity contribution is 14.1. The van der Waals surface area contributed by atoms with E-state index in [1.165, 1.54) is 12.1 Å². The van der Waals surface area contributed by atoms with Crippen molar-refractivity contribution >= 4 is 59.2 Å². The van der Waals surface area contributed by atoms with Gasteiger partial charge in [0, 0.05) is 12.1 Å². The van der Waals surface area contributed by atoms with E-state index in [1.807, 2.05) is 0 Å². The minimum atomic E-state index is -1.68. The fourth-order valence-electron chi connectivity index (χ4n) is 1.06. The van der Waals surface area contributed by atoms with Crippen LogP contribution in [0, 0.1) is 17.3 Å². The van der Waals surface area contributed by atoms with Gasteiger partial charge in [-0.05, 0) is 64.8 Å². The molecule has 0 saturated heterocycles. The Morgan fingerprint density at radius 3 is 2.00 bits per heavy atom. The molecule has 1 rings (SSSR count). The molecule has 0 aromatic heterocycles. The van der Waals surface area contributed by atoms with Gasteiger partial charge in [-0.25, -0.2) is 0 Å². The summed E-state index contributed by atoms with van der Waals surface area (Å²) in [6.45, 7) is 6.25. The summed E-state index contributed by atoms with van der Waals surface area (Å²) in [5.41, 5.74) is 0.108. The molecule has 0 unspecified atom stereocenters. The number of nitro benzene ring substituents is 1. The van der Waals surface area contributed by atoms with Crippen molar-refractivity contribution < 1.29 is 9.35 Å². The Bertz CT molecular complexity index is 408. The van der Waals surface area contributed by atoms with Gasteiger partial charge in [0.2, 0.25) is 8.32 Å². The van der Waals surface area contributed by atoms with Gasteiger partial charge in [0.05, 0.1) is 12.1 Å². The first-order valence-electron chi connectivity index (χ1n) is 4.53. The van der Waals surface area contributed by atoms with Crippen LogP contribution < -0.4 is 4.43 Å². The largest absolute Gasteiger partial charge is 0.543 e. The van der Waals surface area contributed by atoms with Gasteiger partial charge in [0.1, 0.15) is 5.75 Å². The van der Waals surface area contributed by atoms with Crippen LogP contribution in [0.4, 0.5) is 5.69 Å². The molecule has 88 valence electrons. The van der Waals surface area contributed by atoms with E-state index in [4.69, 9.17) is 4.43 Å². The number of rotatable bonds is 3. The van der Waals surface area contributed by atoms with E-state index in [9.17, 15) is 10.1 Å². The first-order chi connectivity index (χ1) is 7.20. The molecule has 1 aromatic carbocycles. The summed E-state index contributed by atoms with van der Waals surface area (Å²) >= 11 is 4.15. The average molecular weight is 463 g/mol. The Morgan fingerprint density at radius 2 is 1.69 bits per heavy atom. The fraction of sp³-hybridized carbons (Fsp3) is 0.333. The molecular weight excluding hydrogens is 452 g/mol. The lowest BCUT2D eigenvalue weighted by atomic mass is 10.3. The third-order valence-corrected chi connectivity index (χ3v) is 4.02. The van der Waals surface area contributed by atoms with Gasteiger partial charge in [-0.2, -0.15) is 0 Å². The van der Waals surface area contributed by atoms with Crippen LogP contribution in [0.15, 0.2) is 12.1 Å². The quantitative estimate of drug-likeness (QED) is 0.295.